The molecule has 2 aromatic rings. The number of phenolic OH excluding ortho intramolecular Hbond substituents is 1. The molecule has 0 aliphatic carbocycles. The summed E-state index contributed by atoms with van der Waals surface area (Å²) in [5, 5.41) is 28.2. The molecule has 0 aliphatic rings. The summed E-state index contributed by atoms with van der Waals surface area (Å²) in [6, 6.07) is 7.88. The predicted molar refractivity (Wildman–Crippen MR) is 90.4 cm³/mol. The molecule has 0 amide bonds. The number of hydrogen-bond acceptors (Lipinski definition) is 7. The first-order valence-electron chi connectivity index (χ1n) is 7.51. The number of ether oxygens (including phenoxy) is 3. The van der Waals surface area contributed by atoms with E-state index in [9.17, 15) is 19.8 Å². The highest BCUT2D eigenvalue weighted by Gasteiger charge is 2.24. The number of carbonyl (C=O) groups excluding carboxylic acids is 1. The van der Waals surface area contributed by atoms with Crippen LogP contribution in [-0.4, -0.2) is 54.0 Å². The van der Waals surface area contributed by atoms with Crippen LogP contribution in [0.25, 0.3) is 0 Å². The zero-order valence-electron chi connectivity index (χ0n) is 14.1. The van der Waals surface area contributed by atoms with Gasteiger partial charge in [0.15, 0.2) is 29.1 Å². The van der Waals surface area contributed by atoms with Crippen molar-refractivity contribution in [2.24, 2.45) is 0 Å². The van der Waals surface area contributed by atoms with Crippen LogP contribution >= 0.6 is 0 Å². The molecule has 0 heterocycles. The maximum atomic E-state index is 12.6. The van der Waals surface area contributed by atoms with E-state index in [0.717, 1.165) is 0 Å². The van der Waals surface area contributed by atoms with Gasteiger partial charge in [-0.1, -0.05) is 0 Å². The quantitative estimate of drug-likeness (QED) is 0.607. The highest BCUT2D eigenvalue weighted by molar-refractivity contribution is 6.00. The molecule has 2 rings (SSSR count). The fourth-order valence-electron chi connectivity index (χ4n) is 2.24. The van der Waals surface area contributed by atoms with Crippen LogP contribution in [-0.2, 0) is 0 Å². The first-order chi connectivity index (χ1) is 12.4. The van der Waals surface area contributed by atoms with Crippen molar-refractivity contribution in [2.75, 3.05) is 20.8 Å². The highest BCUT2D eigenvalue weighted by atomic mass is 16.5. The van der Waals surface area contributed by atoms with Crippen LogP contribution in [0.4, 0.5) is 0 Å². The van der Waals surface area contributed by atoms with E-state index >= 15 is 0 Å². The van der Waals surface area contributed by atoms with Crippen molar-refractivity contribution >= 4 is 11.8 Å². The van der Waals surface area contributed by atoms with Crippen LogP contribution in [0.15, 0.2) is 36.4 Å². The molecule has 0 saturated heterocycles. The van der Waals surface area contributed by atoms with Crippen LogP contribution in [0.3, 0.4) is 0 Å². The van der Waals surface area contributed by atoms with Crippen molar-refractivity contribution in [1.82, 2.24) is 0 Å². The Bertz CT molecular complexity index is 815. The zero-order chi connectivity index (χ0) is 19.3. The highest BCUT2D eigenvalue weighted by Crippen LogP contribution is 2.31. The number of carbonyl (C=O) groups is 2. The van der Waals surface area contributed by atoms with Gasteiger partial charge in [0.2, 0.25) is 5.78 Å². The fourth-order valence-corrected chi connectivity index (χ4v) is 2.24. The van der Waals surface area contributed by atoms with E-state index in [4.69, 9.17) is 19.3 Å². The van der Waals surface area contributed by atoms with Gasteiger partial charge in [0.25, 0.3) is 0 Å². The summed E-state index contributed by atoms with van der Waals surface area (Å²) < 4.78 is 15.6. The summed E-state index contributed by atoms with van der Waals surface area (Å²) in [5.74, 6) is -1.49. The molecule has 0 aliphatic heterocycles. The summed E-state index contributed by atoms with van der Waals surface area (Å²) in [4.78, 5) is 23.6. The second-order valence-corrected chi connectivity index (χ2v) is 5.21. The first kappa shape index (κ1) is 19.1. The lowest BCUT2D eigenvalue weighted by atomic mass is 10.1. The number of rotatable bonds is 8. The Labute approximate surface area is 149 Å². The molecule has 8 nitrogen and oxygen atoms in total. The molecule has 0 spiro atoms. The number of methoxy groups -OCH3 is 2. The summed E-state index contributed by atoms with van der Waals surface area (Å²) in [7, 11) is 2.67. The largest absolute Gasteiger partial charge is 0.504 e. The van der Waals surface area contributed by atoms with Crippen molar-refractivity contribution in [3.63, 3.8) is 0 Å². The van der Waals surface area contributed by atoms with E-state index < -0.39 is 24.5 Å². The summed E-state index contributed by atoms with van der Waals surface area (Å²) in [5.41, 5.74) is 0.157. The van der Waals surface area contributed by atoms with Crippen molar-refractivity contribution in [3.05, 3.63) is 47.5 Å². The van der Waals surface area contributed by atoms with Gasteiger partial charge in [-0.3, -0.25) is 4.79 Å². The topological polar surface area (TPSA) is 123 Å². The number of carboxylic acid groups (broad SMARTS) is 1. The molecule has 1 atom stereocenters. The molecule has 0 unspecified atom stereocenters. The molecular formula is C18H18O8. The van der Waals surface area contributed by atoms with Gasteiger partial charge in [0.1, 0.15) is 0 Å². The Morgan fingerprint density at radius 3 is 2.15 bits per heavy atom. The Kier molecular flexibility index (Phi) is 6.03. The first-order valence-corrected chi connectivity index (χ1v) is 7.51. The van der Waals surface area contributed by atoms with Crippen LogP contribution in [0, 0.1) is 0 Å². The average Bonchev–Trinajstić information content (AvgIpc) is 2.65. The van der Waals surface area contributed by atoms with Crippen LogP contribution in [0.5, 0.6) is 23.0 Å². The maximum absolute atomic E-state index is 12.6. The third-order valence-electron chi connectivity index (χ3n) is 3.60. The van der Waals surface area contributed by atoms with Gasteiger partial charge < -0.3 is 29.5 Å². The van der Waals surface area contributed by atoms with Gasteiger partial charge >= 0.3 is 5.97 Å². The molecule has 0 fully saturated rings. The van der Waals surface area contributed by atoms with Gasteiger partial charge in [-0.2, -0.15) is 0 Å². The van der Waals surface area contributed by atoms with E-state index in [1.54, 1.807) is 0 Å². The standard InChI is InChI=1S/C18H18O8/c1-24-14-7-10(3-5-12(14)20)17(21)16(9-19)26-13-6-4-11(18(22)23)8-15(13)25-2/h3-8,16,19-20H,9H2,1-2H3,(H,22,23)/t16-/m1/s1. The Morgan fingerprint density at radius 1 is 0.962 bits per heavy atom. The van der Waals surface area contributed by atoms with Crippen LogP contribution < -0.4 is 14.2 Å². The van der Waals surface area contributed by atoms with Crippen LogP contribution in [0.1, 0.15) is 20.7 Å². The number of aliphatic hydroxyl groups excluding tert-OH is 1. The summed E-state index contributed by atoms with van der Waals surface area (Å²) >= 11 is 0. The van der Waals surface area contributed by atoms with Gasteiger partial charge in [-0.25, -0.2) is 4.79 Å². The second kappa shape index (κ2) is 8.21. The second-order valence-electron chi connectivity index (χ2n) is 5.21. The summed E-state index contributed by atoms with van der Waals surface area (Å²) in [6.45, 7) is -0.619. The molecule has 26 heavy (non-hydrogen) atoms. The van der Waals surface area contributed by atoms with Gasteiger partial charge in [0.05, 0.1) is 26.4 Å². The smallest absolute Gasteiger partial charge is 0.335 e. The molecule has 0 aromatic heterocycles. The normalized spacial score (nSPS) is 11.5. The SMILES string of the molecule is COc1cc(C(=O)[C@@H](CO)Oc2ccc(C(=O)O)cc2OC)ccc1O. The molecule has 0 radical (unpaired) electrons. The molecule has 2 aromatic carbocycles. The molecule has 3 N–H and O–H groups in total. The van der Waals surface area contributed by atoms with Gasteiger partial charge in [-0.05, 0) is 36.4 Å². The van der Waals surface area contributed by atoms with Gasteiger partial charge in [-0.15, -0.1) is 0 Å². The number of aliphatic hydroxyl groups is 1. The maximum Gasteiger partial charge on any atom is 0.335 e. The van der Waals surface area contributed by atoms with E-state index in [2.05, 4.69) is 0 Å². The lowest BCUT2D eigenvalue weighted by molar-refractivity contribution is 0.0646. The minimum absolute atomic E-state index is 0.00986. The molecule has 8 heteroatoms. The Morgan fingerprint density at radius 2 is 1.58 bits per heavy atom. The monoisotopic (exact) mass is 362 g/mol. The lowest BCUT2D eigenvalue weighted by Crippen LogP contribution is -2.31. The van der Waals surface area contributed by atoms with Crippen LogP contribution in [0.2, 0.25) is 0 Å². The number of carboxylic acids is 1. The zero-order valence-corrected chi connectivity index (χ0v) is 14.1. The van der Waals surface area contributed by atoms with Gasteiger partial charge in [0, 0.05) is 5.56 Å². The Balaban J connectivity index is 2.29. The van der Waals surface area contributed by atoms with Crippen molar-refractivity contribution < 1.29 is 39.1 Å². The number of Topliss-reactive ketones (excluding diaryl/α,β-unsaturated/α-hetero) is 1. The minimum Gasteiger partial charge on any atom is -0.504 e. The fraction of sp³-hybridized carbons (Fsp3) is 0.222. The third-order valence-corrected chi connectivity index (χ3v) is 3.60. The summed E-state index contributed by atoms with van der Waals surface area (Å²) in [6.07, 6.45) is -1.26. The lowest BCUT2D eigenvalue weighted by Gasteiger charge is -2.18. The third kappa shape index (κ3) is 4.04. The molecule has 138 valence electrons. The molecule has 0 bridgehead atoms. The van der Waals surface area contributed by atoms with E-state index in [0.29, 0.717) is 0 Å². The minimum atomic E-state index is -1.26. The van der Waals surface area contributed by atoms with Crippen molar-refractivity contribution in [2.45, 2.75) is 6.10 Å². The number of phenols is 1. The number of aromatic carboxylic acids is 1. The number of ketones is 1. The van der Waals surface area contributed by atoms with E-state index in [-0.39, 0.29) is 34.1 Å². The number of hydrogen-bond donors (Lipinski definition) is 3. The number of benzene rings is 2. The van der Waals surface area contributed by atoms with E-state index in [1.165, 1.54) is 50.6 Å². The van der Waals surface area contributed by atoms with Crippen molar-refractivity contribution in [3.8, 4) is 23.0 Å². The average molecular weight is 362 g/mol. The number of aromatic hydroxyl groups is 1. The molecular weight excluding hydrogens is 344 g/mol. The van der Waals surface area contributed by atoms with E-state index in [1.807, 2.05) is 0 Å². The Hall–Kier alpha value is -3.26. The predicted octanol–water partition coefficient (Wildman–Crippen LogP) is 1.73. The van der Waals surface area contributed by atoms with Crippen molar-refractivity contribution in [1.29, 1.82) is 0 Å². The molecule has 0 saturated carbocycles.